The van der Waals surface area contributed by atoms with Gasteiger partial charge in [0, 0.05) is 16.2 Å². The van der Waals surface area contributed by atoms with Crippen molar-refractivity contribution in [3.05, 3.63) is 51.0 Å². The van der Waals surface area contributed by atoms with Crippen molar-refractivity contribution in [1.29, 1.82) is 0 Å². The van der Waals surface area contributed by atoms with E-state index < -0.39 is 10.0 Å². The molecule has 168 valence electrons. The third-order valence-electron chi connectivity index (χ3n) is 5.28. The number of hydrogen-bond acceptors (Lipinski definition) is 4. The Kier molecular flexibility index (Phi) is 8.02. The zero-order chi connectivity index (χ0) is 22.6. The summed E-state index contributed by atoms with van der Waals surface area (Å²) >= 11 is 9.70. The van der Waals surface area contributed by atoms with Crippen LogP contribution in [-0.4, -0.2) is 27.0 Å². The molecule has 1 saturated carbocycles. The van der Waals surface area contributed by atoms with Crippen LogP contribution in [0, 0.1) is 6.92 Å². The molecular formula is C22H26BrClN2O4S. The molecule has 1 fully saturated rings. The van der Waals surface area contributed by atoms with Gasteiger partial charge in [-0.25, -0.2) is 13.1 Å². The average Bonchev–Trinajstić information content (AvgIpc) is 3.21. The number of rotatable bonds is 8. The lowest BCUT2D eigenvalue weighted by molar-refractivity contribution is -0.118. The van der Waals surface area contributed by atoms with Crippen LogP contribution in [0.1, 0.15) is 43.7 Å². The van der Waals surface area contributed by atoms with Crippen molar-refractivity contribution in [3.63, 3.8) is 0 Å². The van der Waals surface area contributed by atoms with E-state index in [1.54, 1.807) is 0 Å². The number of hydrogen-bond donors (Lipinski definition) is 2. The van der Waals surface area contributed by atoms with E-state index >= 15 is 0 Å². The largest absolute Gasteiger partial charge is 0.482 e. The number of carbonyl (C=O) groups excluding carboxylic acids is 1. The van der Waals surface area contributed by atoms with Gasteiger partial charge in [0.05, 0.1) is 9.92 Å². The molecule has 0 aliphatic heterocycles. The Bertz CT molecular complexity index is 1070. The van der Waals surface area contributed by atoms with Crippen LogP contribution in [0.15, 0.2) is 39.7 Å². The molecule has 0 unspecified atom stereocenters. The summed E-state index contributed by atoms with van der Waals surface area (Å²) in [7, 11) is -3.64. The van der Waals surface area contributed by atoms with E-state index in [0.29, 0.717) is 0 Å². The average molecular weight is 530 g/mol. The molecule has 0 bridgehead atoms. The summed E-state index contributed by atoms with van der Waals surface area (Å²) in [6, 6.07) is 8.13. The lowest BCUT2D eigenvalue weighted by Gasteiger charge is -2.15. The molecule has 2 aromatic rings. The Morgan fingerprint density at radius 2 is 1.94 bits per heavy atom. The molecule has 0 spiro atoms. The van der Waals surface area contributed by atoms with Crippen molar-refractivity contribution in [1.82, 2.24) is 4.72 Å². The Labute approximate surface area is 196 Å². The van der Waals surface area contributed by atoms with Crippen LogP contribution in [0.25, 0.3) is 0 Å². The lowest BCUT2D eigenvalue weighted by Crippen LogP contribution is -2.32. The summed E-state index contributed by atoms with van der Waals surface area (Å²) in [4.78, 5) is 12.5. The first kappa shape index (κ1) is 24.0. The van der Waals surface area contributed by atoms with Crippen molar-refractivity contribution in [2.24, 2.45) is 0 Å². The van der Waals surface area contributed by atoms with Gasteiger partial charge >= 0.3 is 0 Å². The molecular weight excluding hydrogens is 504 g/mol. The first-order valence-corrected chi connectivity index (χ1v) is 12.9. The van der Waals surface area contributed by atoms with Gasteiger partial charge < -0.3 is 10.1 Å². The number of nitrogens with one attached hydrogen (secondary N) is 2. The van der Waals surface area contributed by atoms with Crippen molar-refractivity contribution in [2.45, 2.75) is 56.9 Å². The maximum atomic E-state index is 12.6. The highest BCUT2D eigenvalue weighted by Crippen LogP contribution is 2.29. The SMILES string of the molecule is CCc1cc(Br)cc(C)c1NC(=O)COc1ccc(S(=O)(=O)NC2CCCC2)cc1Cl. The Hall–Kier alpha value is -1.61. The van der Waals surface area contributed by atoms with Gasteiger partial charge in [-0.05, 0) is 67.6 Å². The number of amides is 1. The van der Waals surface area contributed by atoms with Crippen molar-refractivity contribution < 1.29 is 17.9 Å². The minimum absolute atomic E-state index is 0.0292. The molecule has 1 aliphatic rings. The van der Waals surface area contributed by atoms with Crippen LogP contribution in [-0.2, 0) is 21.2 Å². The van der Waals surface area contributed by atoms with Crippen molar-refractivity contribution >= 4 is 49.1 Å². The molecule has 2 aromatic carbocycles. The summed E-state index contributed by atoms with van der Waals surface area (Å²) in [6.45, 7) is 3.70. The molecule has 31 heavy (non-hydrogen) atoms. The molecule has 2 N–H and O–H groups in total. The van der Waals surface area contributed by atoms with Crippen molar-refractivity contribution in [3.8, 4) is 5.75 Å². The summed E-state index contributed by atoms with van der Waals surface area (Å²) in [6.07, 6.45) is 4.53. The molecule has 9 heteroatoms. The predicted octanol–water partition coefficient (Wildman–Crippen LogP) is 5.21. The van der Waals surface area contributed by atoms with Crippen LogP contribution in [0.5, 0.6) is 5.75 Å². The van der Waals surface area contributed by atoms with Crippen LogP contribution in [0.3, 0.4) is 0 Å². The molecule has 0 saturated heterocycles. The second-order valence-corrected chi connectivity index (χ2v) is 10.7. The molecule has 0 aromatic heterocycles. The minimum Gasteiger partial charge on any atom is -0.482 e. The Morgan fingerprint density at radius 1 is 1.23 bits per heavy atom. The van der Waals surface area contributed by atoms with Crippen LogP contribution < -0.4 is 14.8 Å². The fourth-order valence-corrected chi connectivity index (χ4v) is 5.94. The van der Waals surface area contributed by atoms with Crippen LogP contribution in [0.2, 0.25) is 5.02 Å². The molecule has 1 aliphatic carbocycles. The van der Waals surface area contributed by atoms with E-state index in [2.05, 4.69) is 26.0 Å². The maximum absolute atomic E-state index is 12.6. The van der Waals surface area contributed by atoms with Gasteiger partial charge in [0.2, 0.25) is 10.0 Å². The van der Waals surface area contributed by atoms with E-state index in [-0.39, 0.29) is 34.2 Å². The van der Waals surface area contributed by atoms with E-state index in [0.717, 1.165) is 53.4 Å². The molecule has 3 rings (SSSR count). The monoisotopic (exact) mass is 528 g/mol. The molecule has 6 nitrogen and oxygen atoms in total. The van der Waals surface area contributed by atoms with Gasteiger partial charge in [0.25, 0.3) is 5.91 Å². The van der Waals surface area contributed by atoms with Gasteiger partial charge in [-0.2, -0.15) is 0 Å². The second kappa shape index (κ2) is 10.3. The van der Waals surface area contributed by atoms with Crippen LogP contribution in [0.4, 0.5) is 5.69 Å². The van der Waals surface area contributed by atoms with Gasteiger partial charge in [0.15, 0.2) is 6.61 Å². The zero-order valence-electron chi connectivity index (χ0n) is 17.5. The normalized spacial score (nSPS) is 14.6. The van der Waals surface area contributed by atoms with Gasteiger partial charge in [-0.15, -0.1) is 0 Å². The maximum Gasteiger partial charge on any atom is 0.262 e. The lowest BCUT2D eigenvalue weighted by atomic mass is 10.1. The van der Waals surface area contributed by atoms with E-state index in [9.17, 15) is 13.2 Å². The van der Waals surface area contributed by atoms with Gasteiger partial charge in [-0.3, -0.25) is 4.79 Å². The molecule has 0 heterocycles. The molecule has 1 amide bonds. The topological polar surface area (TPSA) is 84.5 Å². The fraction of sp³-hybridized carbons (Fsp3) is 0.409. The highest BCUT2D eigenvalue weighted by atomic mass is 79.9. The number of anilines is 1. The highest BCUT2D eigenvalue weighted by molar-refractivity contribution is 9.10. The van der Waals surface area contributed by atoms with Crippen LogP contribution >= 0.6 is 27.5 Å². The third kappa shape index (κ3) is 6.22. The van der Waals surface area contributed by atoms with Gasteiger partial charge in [-0.1, -0.05) is 47.3 Å². The summed E-state index contributed by atoms with van der Waals surface area (Å²) in [5, 5.41) is 3.02. The van der Waals surface area contributed by atoms with E-state index in [1.807, 2.05) is 26.0 Å². The summed E-state index contributed by atoms with van der Waals surface area (Å²) < 4.78 is 34.3. The van der Waals surface area contributed by atoms with Gasteiger partial charge in [0.1, 0.15) is 5.75 Å². The number of aryl methyl sites for hydroxylation is 2. The highest BCUT2D eigenvalue weighted by Gasteiger charge is 2.23. The van der Waals surface area contributed by atoms with Crippen molar-refractivity contribution in [2.75, 3.05) is 11.9 Å². The summed E-state index contributed by atoms with van der Waals surface area (Å²) in [5.74, 6) is -0.0735. The fourth-order valence-electron chi connectivity index (χ4n) is 3.69. The summed E-state index contributed by atoms with van der Waals surface area (Å²) in [5.41, 5.74) is 2.73. The number of ether oxygens (including phenoxy) is 1. The van der Waals surface area contributed by atoms with E-state index in [4.69, 9.17) is 16.3 Å². The molecule has 0 atom stereocenters. The minimum atomic E-state index is -3.64. The molecule has 0 radical (unpaired) electrons. The smallest absolute Gasteiger partial charge is 0.262 e. The number of benzene rings is 2. The second-order valence-electron chi connectivity index (χ2n) is 7.64. The standard InChI is InChI=1S/C22H26BrClN2O4S/c1-3-15-11-16(23)10-14(2)22(15)25-21(27)13-30-20-9-8-18(12-19(20)24)31(28,29)26-17-6-4-5-7-17/h8-12,17,26H,3-7,13H2,1-2H3,(H,25,27). The number of carbonyl (C=O) groups is 1. The number of halogens is 2. The number of sulfonamides is 1. The quantitative estimate of drug-likeness (QED) is 0.491. The van der Waals surface area contributed by atoms with E-state index in [1.165, 1.54) is 18.2 Å². The first-order valence-electron chi connectivity index (χ1n) is 10.2. The predicted molar refractivity (Wildman–Crippen MR) is 126 cm³/mol. The Balaban J connectivity index is 1.64. The Morgan fingerprint density at radius 3 is 2.58 bits per heavy atom. The zero-order valence-corrected chi connectivity index (χ0v) is 20.7. The third-order valence-corrected chi connectivity index (χ3v) is 7.55. The first-order chi connectivity index (χ1) is 14.7.